The van der Waals surface area contributed by atoms with Gasteiger partial charge < -0.3 is 5.11 Å². The van der Waals surface area contributed by atoms with Crippen LogP contribution in [0.5, 0.6) is 5.75 Å². The lowest BCUT2D eigenvalue weighted by Crippen LogP contribution is -1.75. The Kier molecular flexibility index (Phi) is 2.07. The summed E-state index contributed by atoms with van der Waals surface area (Å²) < 4.78 is 0. The van der Waals surface area contributed by atoms with Crippen LogP contribution in [-0.4, -0.2) is 5.11 Å². The molecule has 1 nitrogen and oxygen atoms in total. The molecular weight excluding hydrogens is 180 g/mol. The highest BCUT2D eigenvalue weighted by Gasteiger charge is 2.02. The summed E-state index contributed by atoms with van der Waals surface area (Å²) >= 11 is 1.72. The molecule has 0 aliphatic rings. The van der Waals surface area contributed by atoms with Crippen molar-refractivity contribution in [1.29, 1.82) is 0 Å². The highest BCUT2D eigenvalue weighted by Crippen LogP contribution is 2.29. The van der Waals surface area contributed by atoms with Gasteiger partial charge in [0.1, 0.15) is 5.75 Å². The van der Waals surface area contributed by atoms with Crippen LogP contribution in [0.3, 0.4) is 0 Å². The van der Waals surface area contributed by atoms with Crippen molar-refractivity contribution in [2.45, 2.75) is 6.92 Å². The van der Waals surface area contributed by atoms with Gasteiger partial charge in [0.2, 0.25) is 0 Å². The number of thiophene rings is 1. The second kappa shape index (κ2) is 3.23. The van der Waals surface area contributed by atoms with Crippen LogP contribution < -0.4 is 0 Å². The summed E-state index contributed by atoms with van der Waals surface area (Å²) in [6.07, 6.45) is 0. The van der Waals surface area contributed by atoms with Crippen LogP contribution in [0, 0.1) is 6.92 Å². The summed E-state index contributed by atoms with van der Waals surface area (Å²) in [7, 11) is 0. The van der Waals surface area contributed by atoms with Crippen molar-refractivity contribution in [3.05, 3.63) is 40.6 Å². The quantitative estimate of drug-likeness (QED) is 0.730. The summed E-state index contributed by atoms with van der Waals surface area (Å²) in [6, 6.07) is 9.42. The number of aryl methyl sites for hydroxylation is 1. The fourth-order valence-corrected chi connectivity index (χ4v) is 2.08. The Morgan fingerprint density at radius 2 is 2.08 bits per heavy atom. The van der Waals surface area contributed by atoms with Crippen LogP contribution >= 0.6 is 11.3 Å². The maximum absolute atomic E-state index is 9.31. The molecule has 13 heavy (non-hydrogen) atoms. The molecule has 2 aromatic rings. The minimum atomic E-state index is 0.322. The van der Waals surface area contributed by atoms with E-state index in [-0.39, 0.29) is 0 Å². The van der Waals surface area contributed by atoms with Crippen molar-refractivity contribution in [3.63, 3.8) is 0 Å². The largest absolute Gasteiger partial charge is 0.508 e. The summed E-state index contributed by atoms with van der Waals surface area (Å²) in [5.74, 6) is 0.322. The molecule has 66 valence electrons. The maximum atomic E-state index is 9.31. The van der Waals surface area contributed by atoms with Crippen molar-refractivity contribution in [3.8, 4) is 16.9 Å². The van der Waals surface area contributed by atoms with E-state index in [4.69, 9.17) is 0 Å². The molecule has 2 rings (SSSR count). The van der Waals surface area contributed by atoms with E-state index in [1.54, 1.807) is 23.5 Å². The molecule has 1 aromatic carbocycles. The number of phenolic OH excluding ortho intramolecular Hbond substituents is 1. The van der Waals surface area contributed by atoms with E-state index in [9.17, 15) is 5.11 Å². The molecular formula is C11H10OS. The molecule has 1 heterocycles. The number of hydrogen-bond acceptors (Lipinski definition) is 2. The van der Waals surface area contributed by atoms with E-state index in [1.807, 2.05) is 12.1 Å². The lowest BCUT2D eigenvalue weighted by molar-refractivity contribution is 0.475. The van der Waals surface area contributed by atoms with Gasteiger partial charge in [-0.1, -0.05) is 12.1 Å². The van der Waals surface area contributed by atoms with Crippen molar-refractivity contribution in [2.75, 3.05) is 0 Å². The topological polar surface area (TPSA) is 20.2 Å². The summed E-state index contributed by atoms with van der Waals surface area (Å²) in [4.78, 5) is 1.28. The minimum Gasteiger partial charge on any atom is -0.508 e. The van der Waals surface area contributed by atoms with Crippen molar-refractivity contribution >= 4 is 11.3 Å². The molecule has 2 heteroatoms. The normalized spacial score (nSPS) is 10.2. The zero-order chi connectivity index (χ0) is 9.26. The maximum Gasteiger partial charge on any atom is 0.116 e. The van der Waals surface area contributed by atoms with Crippen LogP contribution in [0.2, 0.25) is 0 Å². The smallest absolute Gasteiger partial charge is 0.116 e. The Hall–Kier alpha value is -1.28. The molecule has 0 fully saturated rings. The molecule has 1 N–H and O–H groups in total. The van der Waals surface area contributed by atoms with Crippen molar-refractivity contribution in [1.82, 2.24) is 0 Å². The zero-order valence-electron chi connectivity index (χ0n) is 7.32. The Labute approximate surface area is 81.3 Å². The highest BCUT2D eigenvalue weighted by atomic mass is 32.1. The van der Waals surface area contributed by atoms with E-state index in [1.165, 1.54) is 10.4 Å². The molecule has 0 saturated carbocycles. The van der Waals surface area contributed by atoms with E-state index in [0.29, 0.717) is 5.75 Å². The third kappa shape index (κ3) is 1.58. The lowest BCUT2D eigenvalue weighted by atomic mass is 10.1. The second-order valence-electron chi connectivity index (χ2n) is 2.94. The number of hydrogen-bond donors (Lipinski definition) is 1. The summed E-state index contributed by atoms with van der Waals surface area (Å²) in [6.45, 7) is 2.09. The number of phenols is 1. The van der Waals surface area contributed by atoms with Gasteiger partial charge in [-0.3, -0.25) is 0 Å². The fraction of sp³-hybridized carbons (Fsp3) is 0.0909. The number of aromatic hydroxyl groups is 1. The first-order chi connectivity index (χ1) is 6.27. The van der Waals surface area contributed by atoms with Gasteiger partial charge in [-0.25, -0.2) is 0 Å². The van der Waals surface area contributed by atoms with Crippen LogP contribution in [0.25, 0.3) is 11.1 Å². The van der Waals surface area contributed by atoms with Gasteiger partial charge in [0, 0.05) is 4.88 Å². The van der Waals surface area contributed by atoms with Gasteiger partial charge in [-0.2, -0.15) is 0 Å². The summed E-state index contributed by atoms with van der Waals surface area (Å²) in [5, 5.41) is 11.4. The van der Waals surface area contributed by atoms with E-state index in [0.717, 1.165) is 5.56 Å². The van der Waals surface area contributed by atoms with Crippen LogP contribution in [0.15, 0.2) is 35.7 Å². The molecule has 0 saturated heterocycles. The van der Waals surface area contributed by atoms with Crippen molar-refractivity contribution in [2.24, 2.45) is 0 Å². The average Bonchev–Trinajstić information content (AvgIpc) is 2.51. The van der Waals surface area contributed by atoms with E-state index in [2.05, 4.69) is 18.4 Å². The Bertz CT molecular complexity index is 418. The fourth-order valence-electron chi connectivity index (χ4n) is 1.36. The van der Waals surface area contributed by atoms with Gasteiger partial charge in [-0.05, 0) is 41.6 Å². The second-order valence-corrected chi connectivity index (χ2v) is 4.06. The Morgan fingerprint density at radius 3 is 2.69 bits per heavy atom. The first kappa shape index (κ1) is 8.32. The highest BCUT2D eigenvalue weighted by molar-refractivity contribution is 7.10. The molecule has 0 amide bonds. The standard InChI is InChI=1S/C11H10OS/c1-8-11(5-6-13-8)9-3-2-4-10(12)7-9/h2-7,12H,1H3. The molecule has 0 atom stereocenters. The Morgan fingerprint density at radius 1 is 1.23 bits per heavy atom. The van der Waals surface area contributed by atoms with Crippen LogP contribution in [-0.2, 0) is 0 Å². The molecule has 0 radical (unpaired) electrons. The minimum absolute atomic E-state index is 0.322. The van der Waals surface area contributed by atoms with Crippen LogP contribution in [0.4, 0.5) is 0 Å². The van der Waals surface area contributed by atoms with Gasteiger partial charge in [0.05, 0.1) is 0 Å². The predicted octanol–water partition coefficient (Wildman–Crippen LogP) is 3.43. The lowest BCUT2D eigenvalue weighted by Gasteiger charge is -2.00. The third-order valence-corrected chi connectivity index (χ3v) is 2.86. The number of rotatable bonds is 1. The molecule has 0 aliphatic carbocycles. The SMILES string of the molecule is Cc1sccc1-c1cccc(O)c1. The molecule has 0 unspecified atom stereocenters. The first-order valence-corrected chi connectivity index (χ1v) is 4.99. The van der Waals surface area contributed by atoms with E-state index < -0.39 is 0 Å². The predicted molar refractivity (Wildman–Crippen MR) is 56.2 cm³/mol. The average molecular weight is 190 g/mol. The van der Waals surface area contributed by atoms with Crippen molar-refractivity contribution < 1.29 is 5.11 Å². The summed E-state index contributed by atoms with van der Waals surface area (Å²) in [5.41, 5.74) is 2.29. The van der Waals surface area contributed by atoms with Gasteiger partial charge in [0.15, 0.2) is 0 Å². The zero-order valence-corrected chi connectivity index (χ0v) is 8.14. The van der Waals surface area contributed by atoms with Crippen LogP contribution in [0.1, 0.15) is 4.88 Å². The molecule has 0 aliphatic heterocycles. The first-order valence-electron chi connectivity index (χ1n) is 4.11. The van der Waals surface area contributed by atoms with E-state index >= 15 is 0 Å². The van der Waals surface area contributed by atoms with Gasteiger partial charge in [0.25, 0.3) is 0 Å². The molecule has 0 spiro atoms. The Balaban J connectivity index is 2.53. The monoisotopic (exact) mass is 190 g/mol. The third-order valence-electron chi connectivity index (χ3n) is 2.02. The van der Waals surface area contributed by atoms with Gasteiger partial charge >= 0.3 is 0 Å². The molecule has 1 aromatic heterocycles. The number of benzene rings is 1. The van der Waals surface area contributed by atoms with Gasteiger partial charge in [-0.15, -0.1) is 11.3 Å². The molecule has 0 bridgehead atoms.